The van der Waals surface area contributed by atoms with E-state index in [0.29, 0.717) is 13.0 Å². The molecule has 59 heavy (non-hydrogen) atoms. The molecule has 0 spiro atoms. The molecule has 7 N–H and O–H groups in total. The monoisotopic (exact) mass is 839 g/mol. The van der Waals surface area contributed by atoms with Gasteiger partial charge in [-0.1, -0.05) is 112 Å². The zero-order valence-electron chi connectivity index (χ0n) is 35.2. The fraction of sp³-hybridized carbons (Fsp3) is 0.711. The van der Waals surface area contributed by atoms with E-state index in [4.69, 9.17) is 28.4 Å². The number of hydrogen-bond acceptors (Lipinski definition) is 14. The summed E-state index contributed by atoms with van der Waals surface area (Å²) >= 11 is 0. The number of hydrogen-bond donors (Lipinski definition) is 7. The molecule has 0 aromatic rings. The van der Waals surface area contributed by atoms with Crippen molar-refractivity contribution in [1.82, 2.24) is 0 Å². The van der Waals surface area contributed by atoms with Crippen LogP contribution in [-0.2, 0) is 33.2 Å². The zero-order chi connectivity index (χ0) is 43.1. The fourth-order valence-corrected chi connectivity index (χ4v) is 6.18. The summed E-state index contributed by atoms with van der Waals surface area (Å²) in [6.45, 7) is 3.27. The van der Waals surface area contributed by atoms with E-state index in [2.05, 4.69) is 86.8 Å². The molecular formula is C45H74O14. The predicted octanol–water partition coefficient (Wildman–Crippen LogP) is 4.39. The molecule has 338 valence electrons. The van der Waals surface area contributed by atoms with Crippen LogP contribution < -0.4 is 0 Å². The Balaban J connectivity index is 1.78. The number of carbonyl (C=O) groups is 1. The van der Waals surface area contributed by atoms with E-state index >= 15 is 0 Å². The first-order valence-electron chi connectivity index (χ1n) is 21.5. The van der Waals surface area contributed by atoms with Gasteiger partial charge in [0.25, 0.3) is 0 Å². The first-order valence-corrected chi connectivity index (χ1v) is 21.5. The second-order valence-corrected chi connectivity index (χ2v) is 14.8. The highest BCUT2D eigenvalue weighted by Gasteiger charge is 2.47. The molecule has 14 heteroatoms. The van der Waals surface area contributed by atoms with Crippen LogP contribution in [0.25, 0.3) is 0 Å². The van der Waals surface area contributed by atoms with Crippen LogP contribution in [0.15, 0.2) is 72.9 Å². The number of carbonyl (C=O) groups excluding carboxylic acids is 1. The molecule has 11 atom stereocenters. The van der Waals surface area contributed by atoms with Crippen molar-refractivity contribution in [2.24, 2.45) is 0 Å². The SMILES string of the molecule is CC/C=C\C/C=C\C/C=C\C/C=C\C/C=C\C/C=C\CCCOCC(COC1OC(COC2OC(CO)C(O)C(O)C2O)C(O)C(O)C1O)OC(=O)CCCCCCC. The van der Waals surface area contributed by atoms with Crippen molar-refractivity contribution in [1.29, 1.82) is 0 Å². The standard InChI is InChI=1S/C45H74O14/c1-3-5-7-9-10-11-12-13-14-15-16-17-18-19-20-21-22-23-25-27-29-54-31-34(57-37(47)28-26-24-8-6-4-2)32-55-44-43(53)41(51)39(49)36(59-44)33-56-45-42(52)40(50)38(48)35(30-46)58-45/h5,7,10-11,13-14,16-17,19-20,22-23,34-36,38-46,48-53H,3-4,6,8-9,12,15,18,21,24-33H2,1-2H3/b7-5-,11-10-,14-13-,17-16-,20-19-,23-22-. The fourth-order valence-electron chi connectivity index (χ4n) is 6.18. The number of unbranched alkanes of at least 4 members (excludes halogenated alkanes) is 5. The average Bonchev–Trinajstić information content (AvgIpc) is 3.23. The summed E-state index contributed by atoms with van der Waals surface area (Å²) in [5.74, 6) is -0.414. The lowest BCUT2D eigenvalue weighted by Gasteiger charge is -2.42. The summed E-state index contributed by atoms with van der Waals surface area (Å²) in [5.41, 5.74) is 0. The van der Waals surface area contributed by atoms with Crippen molar-refractivity contribution in [3.05, 3.63) is 72.9 Å². The largest absolute Gasteiger partial charge is 0.457 e. The third-order valence-corrected chi connectivity index (χ3v) is 9.73. The number of allylic oxidation sites excluding steroid dienone is 12. The topological polar surface area (TPSA) is 214 Å². The molecule has 2 heterocycles. The second kappa shape index (κ2) is 33.1. The maximum Gasteiger partial charge on any atom is 0.306 e. The van der Waals surface area contributed by atoms with Gasteiger partial charge in [0, 0.05) is 13.0 Å². The maximum absolute atomic E-state index is 12.7. The van der Waals surface area contributed by atoms with Gasteiger partial charge < -0.3 is 64.2 Å². The smallest absolute Gasteiger partial charge is 0.306 e. The first kappa shape index (κ1) is 52.6. The van der Waals surface area contributed by atoms with E-state index in [0.717, 1.165) is 77.0 Å². The van der Waals surface area contributed by atoms with E-state index in [1.807, 2.05) is 0 Å². The Labute approximate surface area is 351 Å². The lowest BCUT2D eigenvalue weighted by Crippen LogP contribution is -2.61. The summed E-state index contributed by atoms with van der Waals surface area (Å²) in [5, 5.41) is 71.6. The minimum absolute atomic E-state index is 0.0168. The number of aliphatic hydroxyl groups is 7. The number of rotatable bonds is 31. The van der Waals surface area contributed by atoms with Gasteiger partial charge in [0.05, 0.1) is 26.4 Å². The van der Waals surface area contributed by atoms with Gasteiger partial charge in [0.2, 0.25) is 0 Å². The van der Waals surface area contributed by atoms with Crippen LogP contribution in [0.2, 0.25) is 0 Å². The van der Waals surface area contributed by atoms with Crippen molar-refractivity contribution in [2.75, 3.05) is 33.0 Å². The van der Waals surface area contributed by atoms with Gasteiger partial charge >= 0.3 is 5.97 Å². The molecule has 2 aliphatic rings. The van der Waals surface area contributed by atoms with Crippen molar-refractivity contribution in [3.63, 3.8) is 0 Å². The number of ether oxygens (including phenoxy) is 6. The molecule has 0 aromatic carbocycles. The highest BCUT2D eigenvalue weighted by atomic mass is 16.7. The highest BCUT2D eigenvalue weighted by Crippen LogP contribution is 2.26. The Hall–Kier alpha value is -2.57. The minimum Gasteiger partial charge on any atom is -0.457 e. The lowest BCUT2D eigenvalue weighted by molar-refractivity contribution is -0.332. The van der Waals surface area contributed by atoms with E-state index in [1.54, 1.807) is 0 Å². The van der Waals surface area contributed by atoms with Crippen molar-refractivity contribution < 1.29 is 69.0 Å². The molecule has 0 bridgehead atoms. The van der Waals surface area contributed by atoms with E-state index in [1.165, 1.54) is 0 Å². The molecule has 2 aliphatic heterocycles. The Morgan fingerprint density at radius 2 is 1.08 bits per heavy atom. The molecule has 0 radical (unpaired) electrons. The van der Waals surface area contributed by atoms with Crippen molar-refractivity contribution in [2.45, 2.75) is 171 Å². The van der Waals surface area contributed by atoms with Crippen molar-refractivity contribution >= 4 is 5.97 Å². The molecule has 11 unspecified atom stereocenters. The molecule has 2 rings (SSSR count). The van der Waals surface area contributed by atoms with Crippen molar-refractivity contribution in [3.8, 4) is 0 Å². The Bertz CT molecular complexity index is 1250. The summed E-state index contributed by atoms with van der Waals surface area (Å²) < 4.78 is 33.8. The van der Waals surface area contributed by atoms with E-state index < -0.39 is 86.7 Å². The molecule has 0 saturated carbocycles. The molecule has 0 aromatic heterocycles. The van der Waals surface area contributed by atoms with Crippen LogP contribution in [0, 0.1) is 0 Å². The average molecular weight is 839 g/mol. The van der Waals surface area contributed by atoms with Crippen LogP contribution in [0.4, 0.5) is 0 Å². The Morgan fingerprint density at radius 1 is 0.576 bits per heavy atom. The van der Waals surface area contributed by atoms with Crippen LogP contribution in [-0.4, -0.2) is 142 Å². The second-order valence-electron chi connectivity index (χ2n) is 14.8. The van der Waals surface area contributed by atoms with Gasteiger partial charge in [-0.2, -0.15) is 0 Å². The number of esters is 1. The van der Waals surface area contributed by atoms with Crippen LogP contribution in [0.5, 0.6) is 0 Å². The van der Waals surface area contributed by atoms with E-state index in [9.17, 15) is 40.5 Å². The predicted molar refractivity (Wildman–Crippen MR) is 224 cm³/mol. The van der Waals surface area contributed by atoms with Gasteiger partial charge in [-0.05, 0) is 57.8 Å². The van der Waals surface area contributed by atoms with Crippen LogP contribution >= 0.6 is 0 Å². The molecule has 14 nitrogen and oxygen atoms in total. The summed E-state index contributed by atoms with van der Waals surface area (Å²) in [6, 6.07) is 0. The minimum atomic E-state index is -1.72. The molecular weight excluding hydrogens is 764 g/mol. The third kappa shape index (κ3) is 22.2. The normalized spacial score (nSPS) is 28.7. The van der Waals surface area contributed by atoms with Crippen LogP contribution in [0.3, 0.4) is 0 Å². The first-order chi connectivity index (χ1) is 28.6. The maximum atomic E-state index is 12.7. The molecule has 2 fully saturated rings. The van der Waals surface area contributed by atoms with E-state index in [-0.39, 0.29) is 19.6 Å². The summed E-state index contributed by atoms with van der Waals surface area (Å²) in [6.07, 6.45) is 21.9. The molecule has 2 saturated heterocycles. The van der Waals surface area contributed by atoms with Gasteiger partial charge in [0.1, 0.15) is 54.9 Å². The summed E-state index contributed by atoms with van der Waals surface area (Å²) in [4.78, 5) is 12.7. The summed E-state index contributed by atoms with van der Waals surface area (Å²) in [7, 11) is 0. The zero-order valence-corrected chi connectivity index (χ0v) is 35.2. The highest BCUT2D eigenvalue weighted by molar-refractivity contribution is 5.69. The lowest BCUT2D eigenvalue weighted by atomic mass is 9.98. The van der Waals surface area contributed by atoms with Crippen LogP contribution in [0.1, 0.15) is 104 Å². The molecule has 0 aliphatic carbocycles. The Morgan fingerprint density at radius 3 is 1.64 bits per heavy atom. The molecule has 0 amide bonds. The Kier molecular flexibility index (Phi) is 29.5. The number of aliphatic hydroxyl groups excluding tert-OH is 7. The van der Waals surface area contributed by atoms with Gasteiger partial charge in [-0.15, -0.1) is 0 Å². The van der Waals surface area contributed by atoms with Gasteiger partial charge in [-0.25, -0.2) is 0 Å². The van der Waals surface area contributed by atoms with Gasteiger partial charge in [-0.3, -0.25) is 4.79 Å². The quantitative estimate of drug-likeness (QED) is 0.0293. The van der Waals surface area contributed by atoms with Gasteiger partial charge in [0.15, 0.2) is 12.6 Å². The third-order valence-electron chi connectivity index (χ3n) is 9.73.